The Labute approximate surface area is 137 Å². The van der Waals surface area contributed by atoms with Crippen LogP contribution in [0.15, 0.2) is 66.9 Å². The second kappa shape index (κ2) is 8.42. The van der Waals surface area contributed by atoms with Gasteiger partial charge in [0, 0.05) is 23.6 Å². The Hall–Kier alpha value is -2.03. The molecular formula is C19H21ClN2. The first-order chi connectivity index (χ1) is 10.4. The molecule has 1 heterocycles. The molecule has 0 unspecified atom stereocenters. The van der Waals surface area contributed by atoms with E-state index in [1.807, 2.05) is 6.07 Å². The van der Waals surface area contributed by atoms with Crippen LogP contribution in [-0.4, -0.2) is 18.1 Å². The van der Waals surface area contributed by atoms with Gasteiger partial charge < -0.3 is 10.3 Å². The quantitative estimate of drug-likeness (QED) is 0.647. The molecule has 1 aromatic heterocycles. The molecule has 3 heteroatoms. The number of halogens is 1. The van der Waals surface area contributed by atoms with Crippen molar-refractivity contribution in [2.45, 2.75) is 6.42 Å². The number of benzene rings is 2. The number of fused-ring (bicyclic) bond motifs is 1. The van der Waals surface area contributed by atoms with Gasteiger partial charge in [0.1, 0.15) is 0 Å². The van der Waals surface area contributed by atoms with E-state index in [0.717, 1.165) is 19.5 Å². The minimum absolute atomic E-state index is 0. The molecule has 0 spiro atoms. The van der Waals surface area contributed by atoms with Gasteiger partial charge in [0.15, 0.2) is 0 Å². The largest absolute Gasteiger partial charge is 0.361 e. The van der Waals surface area contributed by atoms with E-state index in [1.54, 1.807) is 0 Å². The zero-order valence-electron chi connectivity index (χ0n) is 12.5. The summed E-state index contributed by atoms with van der Waals surface area (Å²) in [4.78, 5) is 3.32. The Kier molecular flexibility index (Phi) is 6.26. The maximum absolute atomic E-state index is 3.46. The monoisotopic (exact) mass is 312 g/mol. The summed E-state index contributed by atoms with van der Waals surface area (Å²) < 4.78 is 0. The van der Waals surface area contributed by atoms with Crippen molar-refractivity contribution in [2.24, 2.45) is 0 Å². The molecule has 0 atom stereocenters. The summed E-state index contributed by atoms with van der Waals surface area (Å²) in [6, 6.07) is 18.8. The highest BCUT2D eigenvalue weighted by atomic mass is 35.5. The predicted octanol–water partition coefficient (Wildman–Crippen LogP) is 4.44. The first kappa shape index (κ1) is 16.3. The minimum atomic E-state index is 0. The highest BCUT2D eigenvalue weighted by Gasteiger charge is 2.01. The van der Waals surface area contributed by atoms with E-state index >= 15 is 0 Å². The summed E-state index contributed by atoms with van der Waals surface area (Å²) in [7, 11) is 0. The first-order valence-electron chi connectivity index (χ1n) is 7.41. The van der Waals surface area contributed by atoms with Crippen LogP contribution in [-0.2, 0) is 6.42 Å². The van der Waals surface area contributed by atoms with Crippen LogP contribution in [0.1, 0.15) is 11.1 Å². The van der Waals surface area contributed by atoms with Crippen LogP contribution in [0.5, 0.6) is 0 Å². The SMILES string of the molecule is C(=Cc1ccccc1)CNCCc1c[nH]c2ccccc12.Cl. The summed E-state index contributed by atoms with van der Waals surface area (Å²) in [5.41, 5.74) is 3.84. The lowest BCUT2D eigenvalue weighted by molar-refractivity contribution is 0.748. The van der Waals surface area contributed by atoms with Crippen LogP contribution in [0.4, 0.5) is 0 Å². The van der Waals surface area contributed by atoms with E-state index in [0.29, 0.717) is 0 Å². The Morgan fingerprint density at radius 2 is 1.73 bits per heavy atom. The highest BCUT2D eigenvalue weighted by molar-refractivity contribution is 5.85. The molecule has 0 fully saturated rings. The third-order valence-electron chi connectivity index (χ3n) is 3.62. The van der Waals surface area contributed by atoms with E-state index in [9.17, 15) is 0 Å². The molecule has 0 saturated carbocycles. The molecule has 114 valence electrons. The molecule has 0 saturated heterocycles. The third kappa shape index (κ3) is 4.23. The fraction of sp³-hybridized carbons (Fsp3) is 0.158. The van der Waals surface area contributed by atoms with Crippen molar-refractivity contribution in [2.75, 3.05) is 13.1 Å². The van der Waals surface area contributed by atoms with E-state index in [-0.39, 0.29) is 12.4 Å². The van der Waals surface area contributed by atoms with Gasteiger partial charge in [-0.2, -0.15) is 0 Å². The van der Waals surface area contributed by atoms with Gasteiger partial charge in [0.25, 0.3) is 0 Å². The average Bonchev–Trinajstić information content (AvgIpc) is 2.95. The molecule has 2 nitrogen and oxygen atoms in total. The molecule has 3 rings (SSSR count). The second-order valence-electron chi connectivity index (χ2n) is 5.13. The molecule has 0 aliphatic rings. The van der Waals surface area contributed by atoms with Crippen LogP contribution < -0.4 is 5.32 Å². The van der Waals surface area contributed by atoms with Crippen molar-refractivity contribution < 1.29 is 0 Å². The average molecular weight is 313 g/mol. The zero-order chi connectivity index (χ0) is 14.3. The summed E-state index contributed by atoms with van der Waals surface area (Å²) >= 11 is 0. The highest BCUT2D eigenvalue weighted by Crippen LogP contribution is 2.17. The lowest BCUT2D eigenvalue weighted by Gasteiger charge is -2.01. The van der Waals surface area contributed by atoms with Crippen LogP contribution in [0, 0.1) is 0 Å². The maximum Gasteiger partial charge on any atom is 0.0456 e. The number of hydrogen-bond acceptors (Lipinski definition) is 1. The van der Waals surface area contributed by atoms with Crippen molar-refractivity contribution >= 4 is 29.4 Å². The Bertz CT molecular complexity index is 716. The molecule has 2 aromatic carbocycles. The Morgan fingerprint density at radius 3 is 2.59 bits per heavy atom. The molecule has 0 aliphatic carbocycles. The van der Waals surface area contributed by atoms with Crippen molar-refractivity contribution in [3.05, 3.63) is 78.0 Å². The topological polar surface area (TPSA) is 27.8 Å². The van der Waals surface area contributed by atoms with Crippen molar-refractivity contribution in [3.63, 3.8) is 0 Å². The molecule has 0 aliphatic heterocycles. The van der Waals surface area contributed by atoms with Gasteiger partial charge in [-0.3, -0.25) is 0 Å². The van der Waals surface area contributed by atoms with Crippen molar-refractivity contribution in [3.8, 4) is 0 Å². The van der Waals surface area contributed by atoms with Gasteiger partial charge in [-0.1, -0.05) is 60.7 Å². The van der Waals surface area contributed by atoms with E-state index in [1.165, 1.54) is 22.0 Å². The second-order valence-corrected chi connectivity index (χ2v) is 5.13. The lowest BCUT2D eigenvalue weighted by Crippen LogP contribution is -2.16. The van der Waals surface area contributed by atoms with Crippen molar-refractivity contribution in [1.29, 1.82) is 0 Å². The maximum atomic E-state index is 3.46. The number of aromatic nitrogens is 1. The van der Waals surface area contributed by atoms with Crippen LogP contribution in [0.25, 0.3) is 17.0 Å². The summed E-state index contributed by atoms with van der Waals surface area (Å²) in [6.07, 6.45) is 7.48. The number of hydrogen-bond donors (Lipinski definition) is 2. The number of rotatable bonds is 6. The van der Waals surface area contributed by atoms with Crippen molar-refractivity contribution in [1.82, 2.24) is 10.3 Å². The molecule has 0 radical (unpaired) electrons. The van der Waals surface area contributed by atoms with Gasteiger partial charge >= 0.3 is 0 Å². The fourth-order valence-electron chi connectivity index (χ4n) is 2.51. The van der Waals surface area contributed by atoms with E-state index < -0.39 is 0 Å². The summed E-state index contributed by atoms with van der Waals surface area (Å²) in [5, 5.41) is 4.79. The molecule has 3 aromatic rings. The Balaban J connectivity index is 0.00000176. The van der Waals surface area contributed by atoms with Crippen LogP contribution >= 0.6 is 12.4 Å². The van der Waals surface area contributed by atoms with E-state index in [4.69, 9.17) is 0 Å². The Morgan fingerprint density at radius 1 is 0.955 bits per heavy atom. The number of para-hydroxylation sites is 1. The number of H-pyrrole nitrogens is 1. The van der Waals surface area contributed by atoms with Gasteiger partial charge in [0.05, 0.1) is 0 Å². The normalized spacial score (nSPS) is 10.9. The van der Waals surface area contributed by atoms with Gasteiger partial charge in [-0.25, -0.2) is 0 Å². The summed E-state index contributed by atoms with van der Waals surface area (Å²) in [5.74, 6) is 0. The molecular weight excluding hydrogens is 292 g/mol. The molecule has 2 N–H and O–H groups in total. The third-order valence-corrected chi connectivity index (χ3v) is 3.62. The molecule has 0 bridgehead atoms. The fourth-order valence-corrected chi connectivity index (χ4v) is 2.51. The van der Waals surface area contributed by atoms with Crippen LogP contribution in [0.2, 0.25) is 0 Å². The van der Waals surface area contributed by atoms with Crippen LogP contribution in [0.3, 0.4) is 0 Å². The number of aromatic amines is 1. The molecule has 0 amide bonds. The van der Waals surface area contributed by atoms with Gasteiger partial charge in [-0.05, 0) is 30.2 Å². The standard InChI is InChI=1S/C19H20N2.ClH/c1-2-7-16(8-3-1)9-6-13-20-14-12-17-15-21-19-11-5-4-10-18(17)19;/h1-11,15,20-21H,12-14H2;1H. The van der Waals surface area contributed by atoms with E-state index in [2.05, 4.69) is 77.2 Å². The first-order valence-corrected chi connectivity index (χ1v) is 7.41. The minimum Gasteiger partial charge on any atom is -0.361 e. The summed E-state index contributed by atoms with van der Waals surface area (Å²) in [6.45, 7) is 1.89. The smallest absolute Gasteiger partial charge is 0.0456 e. The zero-order valence-corrected chi connectivity index (χ0v) is 13.3. The lowest BCUT2D eigenvalue weighted by atomic mass is 10.1. The van der Waals surface area contributed by atoms with Gasteiger partial charge in [-0.15, -0.1) is 12.4 Å². The number of nitrogens with one attached hydrogen (secondary N) is 2. The van der Waals surface area contributed by atoms with Gasteiger partial charge in [0.2, 0.25) is 0 Å². The predicted molar refractivity (Wildman–Crippen MR) is 97.6 cm³/mol. The molecule has 22 heavy (non-hydrogen) atoms.